The Bertz CT molecular complexity index is 877. The van der Waals surface area contributed by atoms with Crippen molar-refractivity contribution in [2.75, 3.05) is 10.6 Å². The van der Waals surface area contributed by atoms with Crippen LogP contribution in [0.2, 0.25) is 0 Å². The molecule has 0 aliphatic carbocycles. The Hall–Kier alpha value is -3.06. The zero-order valence-electron chi connectivity index (χ0n) is 12.8. The first kappa shape index (κ1) is 15.8. The Morgan fingerprint density at radius 3 is 2.71 bits per heavy atom. The number of amides is 2. The maximum atomic E-state index is 12.4. The number of aromatic nitrogens is 2. The van der Waals surface area contributed by atoms with Gasteiger partial charge in [0.05, 0.1) is 11.9 Å². The van der Waals surface area contributed by atoms with Gasteiger partial charge in [0.1, 0.15) is 10.6 Å². The van der Waals surface area contributed by atoms with Gasteiger partial charge in [0, 0.05) is 18.1 Å². The number of hydrogen-bond donors (Lipinski definition) is 2. The van der Waals surface area contributed by atoms with Crippen molar-refractivity contribution in [1.82, 2.24) is 9.97 Å². The van der Waals surface area contributed by atoms with Gasteiger partial charge in [-0.05, 0) is 36.1 Å². The van der Waals surface area contributed by atoms with Gasteiger partial charge < -0.3 is 10.6 Å². The number of aryl methyl sites for hydroxylation is 1. The molecule has 0 aliphatic heterocycles. The monoisotopic (exact) mass is 338 g/mol. The molecule has 3 rings (SSSR count). The lowest BCUT2D eigenvalue weighted by atomic mass is 10.2. The van der Waals surface area contributed by atoms with Crippen molar-refractivity contribution in [3.05, 3.63) is 70.4 Å². The molecule has 0 aliphatic rings. The molecule has 3 aromatic rings. The molecule has 2 amide bonds. The van der Waals surface area contributed by atoms with Crippen LogP contribution in [0.25, 0.3) is 0 Å². The first-order chi connectivity index (χ1) is 11.6. The second-order valence-corrected chi connectivity index (χ2v) is 5.95. The average Bonchev–Trinajstić information content (AvgIpc) is 3.04. The molecule has 0 radical (unpaired) electrons. The second kappa shape index (κ2) is 7.01. The van der Waals surface area contributed by atoms with Crippen LogP contribution in [0.5, 0.6) is 0 Å². The van der Waals surface area contributed by atoms with Crippen LogP contribution in [0.4, 0.5) is 11.4 Å². The van der Waals surface area contributed by atoms with Gasteiger partial charge in [0.15, 0.2) is 0 Å². The standard InChI is InChI=1S/C17H14N4O2S/c1-11-3-2-4-12(9-11)20-17(23)15-13(5-8-24-15)21-16(22)14-10-18-6-7-19-14/h2-10H,1H3,(H,20,23)(H,21,22). The van der Waals surface area contributed by atoms with Crippen molar-refractivity contribution >= 4 is 34.5 Å². The molecule has 0 spiro atoms. The summed E-state index contributed by atoms with van der Waals surface area (Å²) in [4.78, 5) is 32.8. The average molecular weight is 338 g/mol. The van der Waals surface area contributed by atoms with Crippen LogP contribution in [-0.4, -0.2) is 21.8 Å². The topological polar surface area (TPSA) is 84.0 Å². The summed E-state index contributed by atoms with van der Waals surface area (Å²) in [5.41, 5.74) is 2.39. The summed E-state index contributed by atoms with van der Waals surface area (Å²) in [5, 5.41) is 7.27. The van der Waals surface area contributed by atoms with E-state index in [0.717, 1.165) is 5.56 Å². The van der Waals surface area contributed by atoms with Gasteiger partial charge in [-0.25, -0.2) is 4.98 Å². The van der Waals surface area contributed by atoms with Crippen LogP contribution in [-0.2, 0) is 0 Å². The Balaban J connectivity index is 1.75. The van der Waals surface area contributed by atoms with Crippen LogP contribution in [0.15, 0.2) is 54.3 Å². The van der Waals surface area contributed by atoms with E-state index in [0.29, 0.717) is 16.3 Å². The molecule has 0 atom stereocenters. The maximum Gasteiger partial charge on any atom is 0.275 e. The van der Waals surface area contributed by atoms with Gasteiger partial charge in [-0.3, -0.25) is 14.6 Å². The zero-order chi connectivity index (χ0) is 16.9. The van der Waals surface area contributed by atoms with Gasteiger partial charge in [0.2, 0.25) is 0 Å². The molecule has 7 heteroatoms. The molecule has 24 heavy (non-hydrogen) atoms. The normalized spacial score (nSPS) is 10.2. The number of carbonyl (C=O) groups is 2. The molecular weight excluding hydrogens is 324 g/mol. The summed E-state index contributed by atoms with van der Waals surface area (Å²) in [6.45, 7) is 1.95. The fourth-order valence-electron chi connectivity index (χ4n) is 2.10. The van der Waals surface area contributed by atoms with Crippen molar-refractivity contribution in [2.45, 2.75) is 6.92 Å². The minimum Gasteiger partial charge on any atom is -0.321 e. The second-order valence-electron chi connectivity index (χ2n) is 5.03. The van der Waals surface area contributed by atoms with Gasteiger partial charge in [-0.1, -0.05) is 12.1 Å². The van der Waals surface area contributed by atoms with Gasteiger partial charge in [-0.2, -0.15) is 0 Å². The summed E-state index contributed by atoms with van der Waals surface area (Å²) in [7, 11) is 0. The minimum absolute atomic E-state index is 0.189. The van der Waals surface area contributed by atoms with Crippen molar-refractivity contribution in [3.63, 3.8) is 0 Å². The van der Waals surface area contributed by atoms with Crippen LogP contribution >= 0.6 is 11.3 Å². The van der Waals surface area contributed by atoms with E-state index in [1.807, 2.05) is 31.2 Å². The molecule has 0 fully saturated rings. The molecule has 0 saturated heterocycles. The van der Waals surface area contributed by atoms with Crippen molar-refractivity contribution in [2.24, 2.45) is 0 Å². The lowest BCUT2D eigenvalue weighted by molar-refractivity contribution is 0.102. The third kappa shape index (κ3) is 3.64. The maximum absolute atomic E-state index is 12.4. The third-order valence-electron chi connectivity index (χ3n) is 3.19. The Kier molecular flexibility index (Phi) is 4.62. The predicted molar refractivity (Wildman–Crippen MR) is 93.4 cm³/mol. The SMILES string of the molecule is Cc1cccc(NC(=O)c2sccc2NC(=O)c2cnccn2)c1. The quantitative estimate of drug-likeness (QED) is 0.764. The van der Waals surface area contributed by atoms with Crippen LogP contribution < -0.4 is 10.6 Å². The first-order valence-electron chi connectivity index (χ1n) is 7.16. The van der Waals surface area contributed by atoms with E-state index in [4.69, 9.17) is 0 Å². The predicted octanol–water partition coefficient (Wildman–Crippen LogP) is 3.35. The molecule has 0 bridgehead atoms. The minimum atomic E-state index is -0.411. The largest absolute Gasteiger partial charge is 0.321 e. The Morgan fingerprint density at radius 2 is 1.96 bits per heavy atom. The summed E-state index contributed by atoms with van der Waals surface area (Å²) in [6.07, 6.45) is 4.30. The fourth-order valence-corrected chi connectivity index (χ4v) is 2.84. The van der Waals surface area contributed by atoms with E-state index < -0.39 is 5.91 Å². The Labute approximate surface area is 142 Å². The highest BCUT2D eigenvalue weighted by atomic mass is 32.1. The summed E-state index contributed by atoms with van der Waals surface area (Å²) in [5.74, 6) is -0.684. The zero-order valence-corrected chi connectivity index (χ0v) is 13.6. The molecule has 2 aromatic heterocycles. The van der Waals surface area contributed by atoms with E-state index >= 15 is 0 Å². The van der Waals surface area contributed by atoms with Gasteiger partial charge >= 0.3 is 0 Å². The summed E-state index contributed by atoms with van der Waals surface area (Å²) in [6, 6.07) is 9.20. The molecule has 0 saturated carbocycles. The molecule has 6 nitrogen and oxygen atoms in total. The van der Waals surface area contributed by atoms with E-state index in [9.17, 15) is 9.59 Å². The number of benzene rings is 1. The van der Waals surface area contributed by atoms with E-state index in [-0.39, 0.29) is 11.6 Å². The van der Waals surface area contributed by atoms with Gasteiger partial charge in [0.25, 0.3) is 11.8 Å². The Morgan fingerprint density at radius 1 is 1.08 bits per heavy atom. The number of anilines is 2. The van der Waals surface area contributed by atoms with Gasteiger partial charge in [-0.15, -0.1) is 11.3 Å². The highest BCUT2D eigenvalue weighted by molar-refractivity contribution is 7.12. The molecular formula is C17H14N4O2S. The third-order valence-corrected chi connectivity index (χ3v) is 4.10. The van der Waals surface area contributed by atoms with E-state index in [1.165, 1.54) is 29.9 Å². The highest BCUT2D eigenvalue weighted by Crippen LogP contribution is 2.24. The smallest absolute Gasteiger partial charge is 0.275 e. The highest BCUT2D eigenvalue weighted by Gasteiger charge is 2.17. The van der Waals surface area contributed by atoms with Crippen molar-refractivity contribution in [1.29, 1.82) is 0 Å². The molecule has 0 unspecified atom stereocenters. The van der Waals surface area contributed by atoms with E-state index in [2.05, 4.69) is 20.6 Å². The van der Waals surface area contributed by atoms with E-state index in [1.54, 1.807) is 11.4 Å². The fraction of sp³-hybridized carbons (Fsp3) is 0.0588. The number of nitrogens with zero attached hydrogens (tertiary/aromatic N) is 2. The molecule has 2 heterocycles. The van der Waals surface area contributed by atoms with Crippen molar-refractivity contribution < 1.29 is 9.59 Å². The first-order valence-corrected chi connectivity index (χ1v) is 8.04. The summed E-state index contributed by atoms with van der Waals surface area (Å²) >= 11 is 1.26. The van der Waals surface area contributed by atoms with Crippen molar-refractivity contribution in [3.8, 4) is 0 Å². The molecule has 120 valence electrons. The number of hydrogen-bond acceptors (Lipinski definition) is 5. The summed E-state index contributed by atoms with van der Waals surface area (Å²) < 4.78 is 0. The lowest BCUT2D eigenvalue weighted by Gasteiger charge is -2.08. The lowest BCUT2D eigenvalue weighted by Crippen LogP contribution is -2.17. The number of thiophene rings is 1. The number of nitrogens with one attached hydrogen (secondary N) is 2. The number of rotatable bonds is 4. The molecule has 1 aromatic carbocycles. The number of carbonyl (C=O) groups excluding carboxylic acids is 2. The van der Waals surface area contributed by atoms with Crippen LogP contribution in [0.3, 0.4) is 0 Å². The molecule has 2 N–H and O–H groups in total. The van der Waals surface area contributed by atoms with Crippen LogP contribution in [0.1, 0.15) is 25.7 Å². The van der Waals surface area contributed by atoms with Crippen LogP contribution in [0, 0.1) is 6.92 Å².